The summed E-state index contributed by atoms with van der Waals surface area (Å²) in [5, 5.41) is 7.77. The molecule has 3 rings (SSSR count). The lowest BCUT2D eigenvalue weighted by atomic mass is 9.86. The average molecular weight is 358 g/mol. The summed E-state index contributed by atoms with van der Waals surface area (Å²) in [4.78, 5) is 11.8. The Hall–Kier alpha value is -2.37. The number of rotatable bonds is 6. The third-order valence-corrected chi connectivity index (χ3v) is 5.21. The lowest BCUT2D eigenvalue weighted by Gasteiger charge is -2.22. The van der Waals surface area contributed by atoms with Crippen LogP contribution in [0.15, 0.2) is 30.5 Å². The van der Waals surface area contributed by atoms with E-state index in [1.165, 1.54) is 19.3 Å². The Kier molecular flexibility index (Phi) is 5.30. The first-order chi connectivity index (χ1) is 12.4. The molecule has 0 atom stereocenters. The lowest BCUT2D eigenvalue weighted by molar-refractivity contribution is 0.100. The lowest BCUT2D eigenvalue weighted by Crippen LogP contribution is -2.19. The highest BCUT2D eigenvalue weighted by Gasteiger charge is 2.22. The Morgan fingerprint density at radius 3 is 2.50 bits per heavy atom. The predicted octanol–water partition coefficient (Wildman–Crippen LogP) is 4.48. The van der Waals surface area contributed by atoms with Gasteiger partial charge in [-0.25, -0.2) is 0 Å². The highest BCUT2D eigenvalue weighted by Crippen LogP contribution is 2.30. The number of primary amides is 1. The number of nitrogens with one attached hydrogen (secondary N) is 1. The van der Waals surface area contributed by atoms with Crippen molar-refractivity contribution in [2.75, 3.05) is 12.0 Å². The van der Waals surface area contributed by atoms with Gasteiger partial charge in [0.05, 0.1) is 12.7 Å². The third-order valence-electron chi connectivity index (χ3n) is 5.21. The second-order valence-corrected chi connectivity index (χ2v) is 7.75. The van der Waals surface area contributed by atoms with Crippen LogP contribution in [0.3, 0.4) is 0 Å². The van der Waals surface area contributed by atoms with Crippen LogP contribution < -0.4 is 11.1 Å². The van der Waals surface area contributed by atoms with Crippen molar-refractivity contribution in [2.24, 2.45) is 5.73 Å². The van der Waals surface area contributed by atoms with Crippen LogP contribution in [0.25, 0.3) is 0 Å². The highest BCUT2D eigenvalue weighted by atomic mass is 19.1. The zero-order valence-electron chi connectivity index (χ0n) is 15.5. The van der Waals surface area contributed by atoms with Gasteiger partial charge in [0.25, 0.3) is 5.91 Å². The molecule has 1 aliphatic rings. The van der Waals surface area contributed by atoms with Crippen molar-refractivity contribution in [1.29, 1.82) is 0 Å². The number of carbonyl (C=O) groups excluding carboxylic acids is 1. The van der Waals surface area contributed by atoms with Gasteiger partial charge in [-0.2, -0.15) is 5.10 Å². The molecule has 6 heteroatoms. The van der Waals surface area contributed by atoms with Gasteiger partial charge in [0.1, 0.15) is 5.56 Å². The molecule has 0 unspecified atom stereocenters. The minimum Gasteiger partial charge on any atom is -0.365 e. The van der Waals surface area contributed by atoms with Crippen molar-refractivity contribution in [3.63, 3.8) is 0 Å². The van der Waals surface area contributed by atoms with E-state index in [-0.39, 0.29) is 0 Å². The number of aromatic nitrogens is 2. The first-order valence-corrected chi connectivity index (χ1v) is 9.23. The number of nitrogens with zero attached hydrogens (tertiary/aromatic N) is 2. The van der Waals surface area contributed by atoms with Gasteiger partial charge in [-0.05, 0) is 30.5 Å². The first kappa shape index (κ1) is 18.4. The fourth-order valence-corrected chi connectivity index (χ4v) is 3.42. The number of nitrogens with two attached hydrogens (primary N) is 1. The number of anilines is 2. The van der Waals surface area contributed by atoms with Gasteiger partial charge < -0.3 is 11.1 Å². The van der Waals surface area contributed by atoms with Crippen LogP contribution in [0.2, 0.25) is 0 Å². The molecule has 5 nitrogen and oxygen atoms in total. The molecule has 0 spiro atoms. The van der Waals surface area contributed by atoms with Crippen molar-refractivity contribution in [3.8, 4) is 0 Å². The topological polar surface area (TPSA) is 72.9 Å². The summed E-state index contributed by atoms with van der Waals surface area (Å²) < 4.78 is 15.0. The number of amides is 1. The number of alkyl halides is 1. The van der Waals surface area contributed by atoms with Crippen LogP contribution in [0.5, 0.6) is 0 Å². The molecule has 26 heavy (non-hydrogen) atoms. The fourth-order valence-electron chi connectivity index (χ4n) is 3.42. The molecule has 1 aliphatic carbocycles. The summed E-state index contributed by atoms with van der Waals surface area (Å²) in [6.07, 6.45) is 7.53. The zero-order valence-corrected chi connectivity index (χ0v) is 15.5. The van der Waals surface area contributed by atoms with Crippen LogP contribution in [-0.4, -0.2) is 22.4 Å². The number of benzene rings is 1. The van der Waals surface area contributed by atoms with E-state index >= 15 is 0 Å². The molecule has 1 fully saturated rings. The standard InChI is InChI=1S/C20H27FN4O/c1-20(2,13-21)14-8-10-15(11-9-14)23-19-17(18(22)26)12-25(24-19)16-6-4-3-5-7-16/h8-12,16H,3-7,13H2,1-2H3,(H2,22,26)(H,23,24). The third kappa shape index (κ3) is 3.89. The summed E-state index contributed by atoms with van der Waals surface area (Å²) in [6, 6.07) is 7.85. The van der Waals surface area contributed by atoms with Crippen molar-refractivity contribution < 1.29 is 9.18 Å². The first-order valence-electron chi connectivity index (χ1n) is 9.23. The summed E-state index contributed by atoms with van der Waals surface area (Å²) in [5.41, 5.74) is 7.13. The average Bonchev–Trinajstić information content (AvgIpc) is 3.07. The second kappa shape index (κ2) is 7.48. The van der Waals surface area contributed by atoms with Crippen LogP contribution >= 0.6 is 0 Å². The van der Waals surface area contributed by atoms with E-state index < -0.39 is 18.0 Å². The normalized spacial score (nSPS) is 15.8. The number of hydrogen-bond acceptors (Lipinski definition) is 3. The van der Waals surface area contributed by atoms with Crippen LogP contribution in [0, 0.1) is 0 Å². The largest absolute Gasteiger partial charge is 0.365 e. The molecule has 0 bridgehead atoms. The van der Waals surface area contributed by atoms with Crippen molar-refractivity contribution in [2.45, 2.75) is 57.4 Å². The van der Waals surface area contributed by atoms with Crippen molar-refractivity contribution in [3.05, 3.63) is 41.6 Å². The Labute approximate surface area is 153 Å². The SMILES string of the molecule is CC(C)(CF)c1ccc(Nc2nn(C3CCCCC3)cc2C(N)=O)cc1. The minimum absolute atomic E-state index is 0.324. The van der Waals surface area contributed by atoms with Crippen LogP contribution in [-0.2, 0) is 5.41 Å². The van der Waals surface area contributed by atoms with Crippen LogP contribution in [0.1, 0.15) is 67.9 Å². The maximum atomic E-state index is 13.1. The van der Waals surface area contributed by atoms with E-state index in [1.807, 2.05) is 42.8 Å². The molecule has 3 N–H and O–H groups in total. The number of halogens is 1. The maximum Gasteiger partial charge on any atom is 0.254 e. The van der Waals surface area contributed by atoms with E-state index in [2.05, 4.69) is 10.4 Å². The molecule has 0 radical (unpaired) electrons. The van der Waals surface area contributed by atoms with Gasteiger partial charge in [-0.3, -0.25) is 13.9 Å². The highest BCUT2D eigenvalue weighted by molar-refractivity contribution is 5.98. The number of hydrogen-bond donors (Lipinski definition) is 2. The summed E-state index contributed by atoms with van der Waals surface area (Å²) in [5.74, 6) is -0.0229. The van der Waals surface area contributed by atoms with E-state index in [9.17, 15) is 9.18 Å². The van der Waals surface area contributed by atoms with E-state index in [4.69, 9.17) is 5.73 Å². The van der Waals surface area contributed by atoms with E-state index in [1.54, 1.807) is 6.20 Å². The van der Waals surface area contributed by atoms with Crippen LogP contribution in [0.4, 0.5) is 15.9 Å². The maximum absolute atomic E-state index is 13.1. The van der Waals surface area contributed by atoms with E-state index in [0.29, 0.717) is 17.4 Å². The summed E-state index contributed by atoms with van der Waals surface area (Å²) in [7, 11) is 0. The Balaban J connectivity index is 1.82. The molecule has 2 aromatic rings. The monoisotopic (exact) mass is 358 g/mol. The van der Waals surface area contributed by atoms with Gasteiger partial charge in [0.2, 0.25) is 0 Å². The molecular formula is C20H27FN4O. The van der Waals surface area contributed by atoms with Gasteiger partial charge in [0, 0.05) is 17.3 Å². The van der Waals surface area contributed by atoms with Gasteiger partial charge >= 0.3 is 0 Å². The molecule has 140 valence electrons. The second-order valence-electron chi connectivity index (χ2n) is 7.75. The van der Waals surface area contributed by atoms with Crippen molar-refractivity contribution >= 4 is 17.4 Å². The number of carbonyl (C=O) groups is 1. The quantitative estimate of drug-likeness (QED) is 0.800. The smallest absolute Gasteiger partial charge is 0.254 e. The van der Waals surface area contributed by atoms with Crippen molar-refractivity contribution in [1.82, 2.24) is 9.78 Å². The zero-order chi connectivity index (χ0) is 18.7. The molecule has 0 saturated heterocycles. The Morgan fingerprint density at radius 2 is 1.92 bits per heavy atom. The van der Waals surface area contributed by atoms with Gasteiger partial charge in [-0.15, -0.1) is 0 Å². The predicted molar refractivity (Wildman–Crippen MR) is 102 cm³/mol. The minimum atomic E-state index is -0.514. The summed E-state index contributed by atoms with van der Waals surface area (Å²) >= 11 is 0. The molecule has 1 aromatic carbocycles. The Morgan fingerprint density at radius 1 is 1.27 bits per heavy atom. The van der Waals surface area contributed by atoms with Gasteiger partial charge in [0.15, 0.2) is 5.82 Å². The molecule has 1 amide bonds. The molecule has 1 heterocycles. The van der Waals surface area contributed by atoms with E-state index in [0.717, 1.165) is 24.1 Å². The fraction of sp³-hybridized carbons (Fsp3) is 0.500. The summed E-state index contributed by atoms with van der Waals surface area (Å²) in [6.45, 7) is 3.32. The molecule has 1 saturated carbocycles. The molecule has 1 aromatic heterocycles. The Bertz CT molecular complexity index is 761. The molecular weight excluding hydrogens is 331 g/mol. The molecule has 0 aliphatic heterocycles. The van der Waals surface area contributed by atoms with Gasteiger partial charge in [-0.1, -0.05) is 45.2 Å².